The summed E-state index contributed by atoms with van der Waals surface area (Å²) in [6.07, 6.45) is 0.774. The Morgan fingerprint density at radius 2 is 2.00 bits per heavy atom. The predicted octanol–water partition coefficient (Wildman–Crippen LogP) is 2.06. The quantitative estimate of drug-likeness (QED) is 0.412. The van der Waals surface area contributed by atoms with E-state index in [-0.39, 0.29) is 24.0 Å². The zero-order valence-electron chi connectivity index (χ0n) is 18.0. The minimum Gasteiger partial charge on any atom is -0.463 e. The molecule has 2 N–H and O–H groups in total. The van der Waals surface area contributed by atoms with Crippen LogP contribution in [0.15, 0.2) is 45.5 Å². The third-order valence-electron chi connectivity index (χ3n) is 5.14. The molecular weight excluding hydrogens is 432 g/mol. The molecule has 3 heterocycles. The van der Waals surface area contributed by atoms with Gasteiger partial charge in [-0.25, -0.2) is 9.59 Å². The van der Waals surface area contributed by atoms with E-state index in [1.54, 1.807) is 24.5 Å². The van der Waals surface area contributed by atoms with Crippen molar-refractivity contribution in [2.24, 2.45) is 0 Å². The maximum atomic E-state index is 13.0. The molecule has 11 heteroatoms. The lowest BCUT2D eigenvalue weighted by atomic mass is 10.1. The Kier molecular flexibility index (Phi) is 6.17. The maximum absolute atomic E-state index is 13.0. The number of benzene rings is 1. The van der Waals surface area contributed by atoms with E-state index in [2.05, 4.69) is 20.8 Å². The summed E-state index contributed by atoms with van der Waals surface area (Å²) in [5, 5.41) is 15.1. The second kappa shape index (κ2) is 9.03. The number of esters is 1. The molecule has 1 aromatic carbocycles. The smallest absolute Gasteiger partial charge is 0.337 e. The molecule has 0 aliphatic carbocycles. The van der Waals surface area contributed by atoms with Crippen molar-refractivity contribution in [2.45, 2.75) is 44.9 Å². The minimum atomic E-state index is -0.482. The Bertz CT molecular complexity index is 1290. The van der Waals surface area contributed by atoms with Crippen LogP contribution in [0.5, 0.6) is 0 Å². The summed E-state index contributed by atoms with van der Waals surface area (Å²) in [4.78, 5) is 37.5. The van der Waals surface area contributed by atoms with E-state index < -0.39 is 12.0 Å². The standard InChI is InChI=1S/C21H24N6O4S/c1-4-10-26-17(28)13-8-6-7-9-15(13)27-20(26)24-25-21(27)32-11-14-16(18(29)31-5-2)12(3)22-19(30)23-14/h6-9,12H,4-5,10-11H2,1-3H3,(H2,22,23,30). The number of fused-ring (bicyclic) bond motifs is 3. The molecule has 3 aromatic rings. The number of carbonyl (C=O) groups is 2. The number of para-hydroxylation sites is 1. The molecule has 168 valence electrons. The second-order valence-electron chi connectivity index (χ2n) is 7.31. The number of rotatable bonds is 7. The number of aryl methyl sites for hydroxylation is 1. The van der Waals surface area contributed by atoms with Gasteiger partial charge in [0.05, 0.1) is 29.1 Å². The topological polar surface area (TPSA) is 120 Å². The van der Waals surface area contributed by atoms with Crippen LogP contribution in [-0.2, 0) is 16.1 Å². The predicted molar refractivity (Wildman–Crippen MR) is 121 cm³/mol. The Morgan fingerprint density at radius 3 is 2.75 bits per heavy atom. The van der Waals surface area contributed by atoms with E-state index in [1.807, 2.05) is 29.5 Å². The van der Waals surface area contributed by atoms with Gasteiger partial charge in [0.15, 0.2) is 5.16 Å². The molecule has 0 saturated carbocycles. The zero-order chi connectivity index (χ0) is 22.8. The van der Waals surface area contributed by atoms with Crippen LogP contribution in [-0.4, -0.2) is 49.6 Å². The number of thioether (sulfide) groups is 1. The summed E-state index contributed by atoms with van der Waals surface area (Å²) in [6.45, 7) is 6.22. The van der Waals surface area contributed by atoms with Gasteiger partial charge in [-0.1, -0.05) is 30.8 Å². The van der Waals surface area contributed by atoms with Crippen molar-refractivity contribution < 1.29 is 14.3 Å². The van der Waals surface area contributed by atoms with Crippen molar-refractivity contribution in [1.29, 1.82) is 0 Å². The van der Waals surface area contributed by atoms with Crippen LogP contribution in [0, 0.1) is 0 Å². The first-order chi connectivity index (χ1) is 15.5. The Hall–Kier alpha value is -3.34. The number of nitrogens with zero attached hydrogens (tertiary/aromatic N) is 4. The molecule has 1 aliphatic rings. The summed E-state index contributed by atoms with van der Waals surface area (Å²) in [6, 6.07) is 6.46. The highest BCUT2D eigenvalue weighted by molar-refractivity contribution is 7.99. The van der Waals surface area contributed by atoms with Crippen LogP contribution >= 0.6 is 11.8 Å². The normalized spacial score (nSPS) is 16.3. The molecule has 0 spiro atoms. The number of nitrogens with one attached hydrogen (secondary N) is 2. The number of hydrogen-bond acceptors (Lipinski definition) is 7. The summed E-state index contributed by atoms with van der Waals surface area (Å²) in [7, 11) is 0. The average molecular weight is 457 g/mol. The van der Waals surface area contributed by atoms with Gasteiger partial charge in [-0.15, -0.1) is 10.2 Å². The molecule has 2 amide bonds. The van der Waals surface area contributed by atoms with Crippen molar-refractivity contribution in [3.8, 4) is 0 Å². The molecule has 0 radical (unpaired) electrons. The van der Waals surface area contributed by atoms with Crippen molar-refractivity contribution in [3.63, 3.8) is 0 Å². The molecule has 0 saturated heterocycles. The number of urea groups is 1. The number of ether oxygens (including phenoxy) is 1. The first kappa shape index (κ1) is 21.9. The molecule has 4 rings (SSSR count). The summed E-state index contributed by atoms with van der Waals surface area (Å²) >= 11 is 1.32. The van der Waals surface area contributed by atoms with Gasteiger partial charge in [0.25, 0.3) is 5.56 Å². The maximum Gasteiger partial charge on any atom is 0.337 e. The Morgan fingerprint density at radius 1 is 1.22 bits per heavy atom. The first-order valence-corrected chi connectivity index (χ1v) is 11.4. The average Bonchev–Trinajstić information content (AvgIpc) is 3.19. The molecule has 1 atom stereocenters. The van der Waals surface area contributed by atoms with Gasteiger partial charge in [-0.2, -0.15) is 0 Å². The van der Waals surface area contributed by atoms with E-state index in [0.717, 1.165) is 6.42 Å². The number of aromatic nitrogens is 4. The van der Waals surface area contributed by atoms with Gasteiger partial charge in [0, 0.05) is 18.0 Å². The highest BCUT2D eigenvalue weighted by atomic mass is 32.2. The highest BCUT2D eigenvalue weighted by Crippen LogP contribution is 2.25. The molecule has 1 unspecified atom stereocenters. The zero-order valence-corrected chi connectivity index (χ0v) is 18.9. The van der Waals surface area contributed by atoms with E-state index in [0.29, 0.717) is 39.7 Å². The van der Waals surface area contributed by atoms with Crippen LogP contribution < -0.4 is 16.2 Å². The van der Waals surface area contributed by atoms with E-state index in [9.17, 15) is 14.4 Å². The molecular formula is C21H24N6O4S. The second-order valence-corrected chi connectivity index (χ2v) is 8.26. The summed E-state index contributed by atoms with van der Waals surface area (Å²) < 4.78 is 8.63. The fourth-order valence-electron chi connectivity index (χ4n) is 3.78. The third kappa shape index (κ3) is 3.83. The molecule has 0 fully saturated rings. The van der Waals surface area contributed by atoms with Gasteiger partial charge >= 0.3 is 12.0 Å². The van der Waals surface area contributed by atoms with Crippen LogP contribution in [0.1, 0.15) is 27.2 Å². The summed E-state index contributed by atoms with van der Waals surface area (Å²) in [5.74, 6) is 0.255. The molecule has 2 aromatic heterocycles. The van der Waals surface area contributed by atoms with Crippen molar-refractivity contribution in [1.82, 2.24) is 29.8 Å². The van der Waals surface area contributed by atoms with Crippen LogP contribution in [0.3, 0.4) is 0 Å². The third-order valence-corrected chi connectivity index (χ3v) is 6.09. The Balaban J connectivity index is 1.78. The van der Waals surface area contributed by atoms with Gasteiger partial charge in [-0.05, 0) is 32.4 Å². The molecule has 1 aliphatic heterocycles. The lowest BCUT2D eigenvalue weighted by molar-refractivity contribution is -0.138. The van der Waals surface area contributed by atoms with Gasteiger partial charge < -0.3 is 15.4 Å². The van der Waals surface area contributed by atoms with Crippen molar-refractivity contribution in [2.75, 3.05) is 12.4 Å². The molecule has 10 nitrogen and oxygen atoms in total. The SMILES string of the molecule is CCCn1c(=O)c2ccccc2n2c(SCC3=C(C(=O)OCC)C(C)NC(=O)N3)nnc12. The fraction of sp³-hybridized carbons (Fsp3) is 0.381. The molecule has 0 bridgehead atoms. The van der Waals surface area contributed by atoms with E-state index >= 15 is 0 Å². The van der Waals surface area contributed by atoms with Crippen LogP contribution in [0.2, 0.25) is 0 Å². The van der Waals surface area contributed by atoms with Crippen LogP contribution in [0.4, 0.5) is 4.79 Å². The fourth-order valence-corrected chi connectivity index (χ4v) is 4.69. The highest BCUT2D eigenvalue weighted by Gasteiger charge is 2.30. The number of hydrogen-bond donors (Lipinski definition) is 2. The van der Waals surface area contributed by atoms with Gasteiger partial charge in [-0.3, -0.25) is 13.8 Å². The molecule has 32 heavy (non-hydrogen) atoms. The van der Waals surface area contributed by atoms with Gasteiger partial charge in [0.2, 0.25) is 5.78 Å². The van der Waals surface area contributed by atoms with Crippen LogP contribution in [0.25, 0.3) is 16.7 Å². The minimum absolute atomic E-state index is 0.106. The monoisotopic (exact) mass is 456 g/mol. The van der Waals surface area contributed by atoms with E-state index in [1.165, 1.54) is 11.8 Å². The van der Waals surface area contributed by atoms with Gasteiger partial charge in [0.1, 0.15) is 0 Å². The van der Waals surface area contributed by atoms with E-state index in [4.69, 9.17) is 4.74 Å². The van der Waals surface area contributed by atoms with Crippen molar-refractivity contribution >= 4 is 40.4 Å². The first-order valence-electron chi connectivity index (χ1n) is 10.4. The summed E-state index contributed by atoms with van der Waals surface area (Å²) in [5.41, 5.74) is 1.44. The lowest BCUT2D eigenvalue weighted by Gasteiger charge is -2.26. The largest absolute Gasteiger partial charge is 0.463 e. The number of carbonyl (C=O) groups excluding carboxylic acids is 2. The van der Waals surface area contributed by atoms with Crippen molar-refractivity contribution in [3.05, 3.63) is 45.9 Å². The lowest BCUT2D eigenvalue weighted by Crippen LogP contribution is -2.49. The Labute approximate surface area is 188 Å². The number of amides is 2.